The third-order valence-corrected chi connectivity index (χ3v) is 3.11. The number of nitrogens with zero attached hydrogens (tertiary/aromatic N) is 1. The van der Waals surface area contributed by atoms with Crippen LogP contribution in [0.4, 0.5) is 0 Å². The van der Waals surface area contributed by atoms with Gasteiger partial charge in [0.25, 0.3) is 0 Å². The molecule has 0 saturated carbocycles. The van der Waals surface area contributed by atoms with E-state index < -0.39 is 0 Å². The number of ether oxygens (including phenoxy) is 2. The van der Waals surface area contributed by atoms with Crippen LogP contribution in [-0.2, 0) is 9.47 Å². The molecule has 0 bridgehead atoms. The van der Waals surface area contributed by atoms with Crippen LogP contribution >= 0.6 is 0 Å². The normalized spacial score (nSPS) is 21.9. The minimum Gasteiger partial charge on any atom is -0.498 e. The van der Waals surface area contributed by atoms with E-state index in [1.54, 1.807) is 12.5 Å². The SMILES string of the molecule is CCCN(CC)CCCC1=C/C=C/OCCO\C=C\1. The topological polar surface area (TPSA) is 21.7 Å². The van der Waals surface area contributed by atoms with Crippen molar-refractivity contribution in [3.63, 3.8) is 0 Å². The summed E-state index contributed by atoms with van der Waals surface area (Å²) in [5, 5.41) is 0. The lowest BCUT2D eigenvalue weighted by Gasteiger charge is -2.19. The van der Waals surface area contributed by atoms with E-state index in [4.69, 9.17) is 9.47 Å². The number of hydrogen-bond acceptors (Lipinski definition) is 3. The average molecular weight is 265 g/mol. The highest BCUT2D eigenvalue weighted by Crippen LogP contribution is 2.09. The van der Waals surface area contributed by atoms with E-state index in [9.17, 15) is 0 Å². The molecular formula is C16H27NO2. The van der Waals surface area contributed by atoms with Gasteiger partial charge in [0.1, 0.15) is 13.2 Å². The maximum absolute atomic E-state index is 5.34. The van der Waals surface area contributed by atoms with Crippen molar-refractivity contribution in [2.75, 3.05) is 32.8 Å². The second kappa shape index (κ2) is 10.7. The zero-order valence-corrected chi connectivity index (χ0v) is 12.3. The van der Waals surface area contributed by atoms with Gasteiger partial charge in [0, 0.05) is 0 Å². The van der Waals surface area contributed by atoms with Crippen LogP contribution in [0.3, 0.4) is 0 Å². The third kappa shape index (κ3) is 7.73. The van der Waals surface area contributed by atoms with Gasteiger partial charge in [-0.15, -0.1) is 0 Å². The first-order chi connectivity index (χ1) is 9.36. The van der Waals surface area contributed by atoms with Crippen LogP contribution in [0.25, 0.3) is 0 Å². The van der Waals surface area contributed by atoms with Crippen molar-refractivity contribution < 1.29 is 9.47 Å². The Morgan fingerprint density at radius 1 is 1.11 bits per heavy atom. The molecule has 0 aromatic carbocycles. The summed E-state index contributed by atoms with van der Waals surface area (Å²) in [5.41, 5.74) is 1.29. The maximum Gasteiger partial charge on any atom is 0.121 e. The fourth-order valence-electron chi connectivity index (χ4n) is 2.06. The zero-order chi connectivity index (χ0) is 13.8. The Hall–Kier alpha value is -1.22. The molecule has 0 N–H and O–H groups in total. The molecule has 1 aliphatic rings. The smallest absolute Gasteiger partial charge is 0.121 e. The van der Waals surface area contributed by atoms with Gasteiger partial charge in [0.2, 0.25) is 0 Å². The number of rotatable bonds is 7. The summed E-state index contributed by atoms with van der Waals surface area (Å²) in [6, 6.07) is 0. The van der Waals surface area contributed by atoms with Gasteiger partial charge in [-0.3, -0.25) is 0 Å². The Labute approximate surface area is 117 Å². The number of allylic oxidation sites excluding steroid dienone is 4. The first-order valence-electron chi connectivity index (χ1n) is 7.34. The van der Waals surface area contributed by atoms with Gasteiger partial charge in [-0.1, -0.05) is 19.9 Å². The Morgan fingerprint density at radius 3 is 2.63 bits per heavy atom. The first-order valence-corrected chi connectivity index (χ1v) is 7.34. The molecule has 1 rings (SSSR count). The van der Waals surface area contributed by atoms with Gasteiger partial charge in [0.05, 0.1) is 12.5 Å². The van der Waals surface area contributed by atoms with E-state index in [1.165, 1.54) is 25.0 Å². The highest BCUT2D eigenvalue weighted by Gasteiger charge is 2.01. The molecule has 108 valence electrons. The summed E-state index contributed by atoms with van der Waals surface area (Å²) in [4.78, 5) is 2.50. The fraction of sp³-hybridized carbons (Fsp3) is 0.625. The van der Waals surface area contributed by atoms with E-state index in [1.807, 2.05) is 6.08 Å². The molecule has 0 fully saturated rings. The third-order valence-electron chi connectivity index (χ3n) is 3.11. The van der Waals surface area contributed by atoms with Gasteiger partial charge < -0.3 is 14.4 Å². The van der Waals surface area contributed by atoms with Gasteiger partial charge in [-0.2, -0.15) is 0 Å². The predicted octanol–water partition coefficient (Wildman–Crippen LogP) is 3.50. The molecule has 0 aromatic heterocycles. The molecular weight excluding hydrogens is 238 g/mol. The molecule has 0 amide bonds. The molecule has 0 radical (unpaired) electrons. The quantitative estimate of drug-likeness (QED) is 0.703. The van der Waals surface area contributed by atoms with Crippen molar-refractivity contribution in [2.24, 2.45) is 0 Å². The summed E-state index contributed by atoms with van der Waals surface area (Å²) < 4.78 is 10.6. The highest BCUT2D eigenvalue weighted by molar-refractivity contribution is 5.22. The van der Waals surface area contributed by atoms with Crippen LogP contribution in [0.15, 0.2) is 36.3 Å². The van der Waals surface area contributed by atoms with Crippen molar-refractivity contribution in [2.45, 2.75) is 33.1 Å². The summed E-state index contributed by atoms with van der Waals surface area (Å²) >= 11 is 0. The second-order valence-electron chi connectivity index (χ2n) is 4.65. The number of hydrogen-bond donors (Lipinski definition) is 0. The van der Waals surface area contributed by atoms with Crippen LogP contribution in [0.5, 0.6) is 0 Å². The highest BCUT2D eigenvalue weighted by atomic mass is 16.5. The van der Waals surface area contributed by atoms with Crippen LogP contribution in [-0.4, -0.2) is 37.7 Å². The van der Waals surface area contributed by atoms with Gasteiger partial charge in [0.15, 0.2) is 0 Å². The molecule has 1 aliphatic heterocycles. The molecule has 0 aromatic rings. The molecule has 0 saturated heterocycles. The summed E-state index contributed by atoms with van der Waals surface area (Å²) in [6.45, 7) is 9.17. The Balaban J connectivity index is 2.37. The van der Waals surface area contributed by atoms with Crippen molar-refractivity contribution in [3.8, 4) is 0 Å². The molecule has 19 heavy (non-hydrogen) atoms. The summed E-state index contributed by atoms with van der Waals surface area (Å²) in [6.07, 6.45) is 13.1. The molecule has 1 heterocycles. The molecule has 0 spiro atoms. The van der Waals surface area contributed by atoms with Gasteiger partial charge >= 0.3 is 0 Å². The molecule has 3 nitrogen and oxygen atoms in total. The standard InChI is InChI=1S/C16H27NO2/c1-3-10-17(4-2)11-5-7-16-8-6-12-18-14-15-19-13-9-16/h6,8-9,12-13H,3-5,7,10-11,14-15H2,1-2H3/b12-6+,13-9+,16-8-. The first kappa shape index (κ1) is 15.8. The van der Waals surface area contributed by atoms with Crippen LogP contribution in [0.1, 0.15) is 33.1 Å². The van der Waals surface area contributed by atoms with Crippen molar-refractivity contribution >= 4 is 0 Å². The fourth-order valence-corrected chi connectivity index (χ4v) is 2.06. The van der Waals surface area contributed by atoms with E-state index >= 15 is 0 Å². The van der Waals surface area contributed by atoms with Gasteiger partial charge in [-0.25, -0.2) is 0 Å². The van der Waals surface area contributed by atoms with E-state index in [2.05, 4.69) is 30.9 Å². The summed E-state index contributed by atoms with van der Waals surface area (Å²) in [7, 11) is 0. The van der Waals surface area contributed by atoms with Crippen LogP contribution in [0.2, 0.25) is 0 Å². The molecule has 3 heteroatoms. The van der Waals surface area contributed by atoms with E-state index in [0.29, 0.717) is 13.2 Å². The molecule has 0 unspecified atom stereocenters. The maximum atomic E-state index is 5.34. The van der Waals surface area contributed by atoms with E-state index in [-0.39, 0.29) is 0 Å². The second-order valence-corrected chi connectivity index (χ2v) is 4.65. The van der Waals surface area contributed by atoms with Crippen molar-refractivity contribution in [1.29, 1.82) is 0 Å². The van der Waals surface area contributed by atoms with E-state index in [0.717, 1.165) is 19.5 Å². The van der Waals surface area contributed by atoms with Crippen molar-refractivity contribution in [3.05, 3.63) is 36.3 Å². The van der Waals surface area contributed by atoms with Crippen molar-refractivity contribution in [1.82, 2.24) is 4.90 Å². The lowest BCUT2D eigenvalue weighted by molar-refractivity contribution is 0.149. The summed E-state index contributed by atoms with van der Waals surface area (Å²) in [5.74, 6) is 0. The average Bonchev–Trinajstić information content (AvgIpc) is 2.44. The minimum absolute atomic E-state index is 0.604. The lowest BCUT2D eigenvalue weighted by atomic mass is 10.1. The molecule has 0 aliphatic carbocycles. The Bertz CT molecular complexity index is 308. The lowest BCUT2D eigenvalue weighted by Crippen LogP contribution is -2.25. The minimum atomic E-state index is 0.604. The Kier molecular flexibility index (Phi) is 8.90. The monoisotopic (exact) mass is 265 g/mol. The Morgan fingerprint density at radius 2 is 1.89 bits per heavy atom. The van der Waals surface area contributed by atoms with Crippen LogP contribution < -0.4 is 0 Å². The van der Waals surface area contributed by atoms with Gasteiger partial charge in [-0.05, 0) is 56.6 Å². The van der Waals surface area contributed by atoms with Crippen LogP contribution in [0, 0.1) is 0 Å². The predicted molar refractivity (Wildman–Crippen MR) is 79.9 cm³/mol. The molecule has 0 atom stereocenters. The largest absolute Gasteiger partial charge is 0.498 e. The zero-order valence-electron chi connectivity index (χ0n) is 12.3.